The fourth-order valence-electron chi connectivity index (χ4n) is 3.96. The Morgan fingerprint density at radius 1 is 0.972 bits per heavy atom. The summed E-state index contributed by atoms with van der Waals surface area (Å²) in [7, 11) is 0. The van der Waals surface area contributed by atoms with Gasteiger partial charge in [0.15, 0.2) is 17.3 Å². The van der Waals surface area contributed by atoms with Gasteiger partial charge in [0.1, 0.15) is 22.8 Å². The Labute approximate surface area is 212 Å². The first-order valence-electron chi connectivity index (χ1n) is 11.9. The Hall–Kier alpha value is -3.93. The smallest absolute Gasteiger partial charge is 0.185 e. The van der Waals surface area contributed by atoms with Crippen LogP contribution in [0, 0.1) is 0 Å². The Morgan fingerprint density at radius 3 is 2.31 bits per heavy atom. The van der Waals surface area contributed by atoms with Gasteiger partial charge in [0, 0.05) is 11.1 Å². The van der Waals surface area contributed by atoms with Gasteiger partial charge in [-0.05, 0) is 96.4 Å². The van der Waals surface area contributed by atoms with Crippen LogP contribution in [0.4, 0.5) is 0 Å². The molecule has 3 rings (SSSR count). The lowest BCUT2D eigenvalue weighted by Gasteiger charge is -2.33. The van der Waals surface area contributed by atoms with E-state index >= 15 is 0 Å². The molecule has 4 N–H and O–H groups in total. The first-order chi connectivity index (χ1) is 16.9. The van der Waals surface area contributed by atoms with E-state index in [0.717, 1.165) is 12.0 Å². The summed E-state index contributed by atoms with van der Waals surface area (Å²) >= 11 is 0. The predicted molar refractivity (Wildman–Crippen MR) is 143 cm³/mol. The van der Waals surface area contributed by atoms with Crippen molar-refractivity contribution in [3.63, 3.8) is 0 Å². The maximum absolute atomic E-state index is 12.8. The number of aromatic hydroxyl groups is 4. The summed E-state index contributed by atoms with van der Waals surface area (Å²) in [6, 6.07) is 3.81. The minimum Gasteiger partial charge on any atom is -0.507 e. The number of phenolic OH excluding ortho intramolecular Hbond substituents is 4. The monoisotopic (exact) mass is 490 g/mol. The van der Waals surface area contributed by atoms with E-state index in [1.54, 1.807) is 6.08 Å². The quantitative estimate of drug-likeness (QED) is 0.140. The Morgan fingerprint density at radius 2 is 1.67 bits per heavy atom. The van der Waals surface area contributed by atoms with Crippen LogP contribution in [0.3, 0.4) is 0 Å². The number of allylic oxidation sites excluding steroid dienone is 5. The van der Waals surface area contributed by atoms with Crippen LogP contribution < -0.4 is 4.74 Å². The zero-order chi connectivity index (χ0) is 26.6. The number of hydrogen-bond acceptors (Lipinski definition) is 6. The maximum atomic E-state index is 12.8. The second-order valence-corrected chi connectivity index (χ2v) is 9.79. The summed E-state index contributed by atoms with van der Waals surface area (Å²) < 4.78 is 6.36. The van der Waals surface area contributed by atoms with E-state index in [1.165, 1.54) is 35.9 Å². The minimum absolute atomic E-state index is 0.0606. The van der Waals surface area contributed by atoms with Gasteiger partial charge in [-0.3, -0.25) is 4.79 Å². The first-order valence-corrected chi connectivity index (χ1v) is 11.9. The van der Waals surface area contributed by atoms with Crippen LogP contribution in [0.2, 0.25) is 0 Å². The normalized spacial score (nSPS) is 16.4. The summed E-state index contributed by atoms with van der Waals surface area (Å²) in [5.74, 6) is -1.08. The third-order valence-electron chi connectivity index (χ3n) is 6.08. The molecule has 0 aromatic heterocycles. The largest absolute Gasteiger partial charge is 0.507 e. The molecule has 1 aliphatic rings. The van der Waals surface area contributed by atoms with Gasteiger partial charge in [0.2, 0.25) is 0 Å². The van der Waals surface area contributed by atoms with Gasteiger partial charge in [-0.1, -0.05) is 23.3 Å². The molecule has 1 heterocycles. The molecule has 6 heteroatoms. The molecule has 0 fully saturated rings. The number of fused-ring (bicyclic) bond motifs is 1. The number of carbonyl (C=O) groups is 1. The highest BCUT2D eigenvalue weighted by Crippen LogP contribution is 2.48. The van der Waals surface area contributed by atoms with Crippen molar-refractivity contribution in [2.45, 2.75) is 59.5 Å². The standard InChI is InChI=1S/C30H34O6/c1-18(2)7-6-15-30(5)16-14-23-28(35)21(10-8-19(3)4)27(34)22(29(23)36-30)11-13-24(31)20-9-12-25(32)26(33)17-20/h7-9,11-14,16-17,32-35H,6,10,15H2,1-5H3/b13-11+. The average Bonchev–Trinajstić information content (AvgIpc) is 2.79. The van der Waals surface area contributed by atoms with E-state index in [1.807, 2.05) is 46.8 Å². The number of rotatable bonds is 8. The number of carbonyl (C=O) groups excluding carboxylic acids is 1. The van der Waals surface area contributed by atoms with Crippen LogP contribution in [0.15, 0.2) is 53.6 Å². The van der Waals surface area contributed by atoms with E-state index in [-0.39, 0.29) is 28.4 Å². The molecule has 6 nitrogen and oxygen atoms in total. The average molecular weight is 491 g/mol. The lowest BCUT2D eigenvalue weighted by atomic mass is 9.90. The Kier molecular flexibility index (Phi) is 7.98. The van der Waals surface area contributed by atoms with Crippen LogP contribution in [0.25, 0.3) is 12.2 Å². The van der Waals surface area contributed by atoms with E-state index < -0.39 is 17.1 Å². The third kappa shape index (κ3) is 6.00. The molecule has 0 saturated carbocycles. The fraction of sp³-hybridized carbons (Fsp3) is 0.300. The van der Waals surface area contributed by atoms with Gasteiger partial charge in [0.05, 0.1) is 11.1 Å². The highest BCUT2D eigenvalue weighted by atomic mass is 16.5. The lowest BCUT2D eigenvalue weighted by Crippen LogP contribution is -2.32. The fourth-order valence-corrected chi connectivity index (χ4v) is 3.96. The molecule has 0 bridgehead atoms. The predicted octanol–water partition coefficient (Wildman–Crippen LogP) is 6.82. The van der Waals surface area contributed by atoms with Crippen molar-refractivity contribution in [2.24, 2.45) is 0 Å². The summed E-state index contributed by atoms with van der Waals surface area (Å²) in [6.45, 7) is 9.87. The molecule has 1 unspecified atom stereocenters. The van der Waals surface area contributed by atoms with Crippen molar-refractivity contribution >= 4 is 17.9 Å². The molecule has 36 heavy (non-hydrogen) atoms. The highest BCUT2D eigenvalue weighted by molar-refractivity contribution is 6.07. The molecular formula is C30H34O6. The van der Waals surface area contributed by atoms with Crippen LogP contribution in [-0.4, -0.2) is 31.8 Å². The molecule has 0 radical (unpaired) electrons. The summed E-state index contributed by atoms with van der Waals surface area (Å²) in [5.41, 5.74) is 2.81. The SMILES string of the molecule is CC(C)=CCCC1(C)C=Cc2c(O)c(CC=C(C)C)c(O)c(/C=C/C(=O)c3ccc(O)c(O)c3)c2O1. The van der Waals surface area contributed by atoms with Crippen molar-refractivity contribution in [2.75, 3.05) is 0 Å². The Balaban J connectivity index is 2.08. The number of hydrogen-bond donors (Lipinski definition) is 4. The second kappa shape index (κ2) is 10.8. The van der Waals surface area contributed by atoms with Crippen LogP contribution in [0.5, 0.6) is 28.7 Å². The minimum atomic E-state index is -0.672. The first kappa shape index (κ1) is 26.7. The summed E-state index contributed by atoms with van der Waals surface area (Å²) in [5, 5.41) is 41.5. The Bertz CT molecular complexity index is 1290. The van der Waals surface area contributed by atoms with Gasteiger partial charge in [-0.15, -0.1) is 0 Å². The third-order valence-corrected chi connectivity index (χ3v) is 6.08. The maximum Gasteiger partial charge on any atom is 0.185 e. The van der Waals surface area contributed by atoms with Gasteiger partial charge < -0.3 is 25.2 Å². The molecule has 1 atom stereocenters. The van der Waals surface area contributed by atoms with Crippen molar-refractivity contribution in [3.8, 4) is 28.7 Å². The van der Waals surface area contributed by atoms with Crippen molar-refractivity contribution in [1.82, 2.24) is 0 Å². The van der Waals surface area contributed by atoms with E-state index in [4.69, 9.17) is 4.74 Å². The van der Waals surface area contributed by atoms with Gasteiger partial charge in [-0.25, -0.2) is 0 Å². The van der Waals surface area contributed by atoms with Crippen molar-refractivity contribution in [1.29, 1.82) is 0 Å². The molecule has 1 aliphatic heterocycles. The highest BCUT2D eigenvalue weighted by Gasteiger charge is 2.32. The van der Waals surface area contributed by atoms with Crippen LogP contribution in [-0.2, 0) is 6.42 Å². The van der Waals surface area contributed by atoms with Gasteiger partial charge >= 0.3 is 0 Å². The van der Waals surface area contributed by atoms with Gasteiger partial charge in [-0.2, -0.15) is 0 Å². The topological polar surface area (TPSA) is 107 Å². The zero-order valence-corrected chi connectivity index (χ0v) is 21.4. The number of ketones is 1. The molecule has 0 amide bonds. The lowest BCUT2D eigenvalue weighted by molar-refractivity contribution is 0.104. The van der Waals surface area contributed by atoms with Crippen molar-refractivity contribution in [3.05, 3.63) is 75.9 Å². The zero-order valence-electron chi connectivity index (χ0n) is 21.4. The molecule has 190 valence electrons. The number of ether oxygens (including phenoxy) is 1. The van der Waals surface area contributed by atoms with E-state index in [9.17, 15) is 25.2 Å². The van der Waals surface area contributed by atoms with Crippen molar-refractivity contribution < 1.29 is 30.0 Å². The molecular weight excluding hydrogens is 456 g/mol. The molecule has 0 saturated heterocycles. The number of phenols is 4. The molecule has 2 aromatic carbocycles. The molecule has 0 aliphatic carbocycles. The summed E-state index contributed by atoms with van der Waals surface area (Å²) in [4.78, 5) is 12.8. The molecule has 0 spiro atoms. The summed E-state index contributed by atoms with van der Waals surface area (Å²) in [6.07, 6.45) is 12.3. The number of benzene rings is 2. The van der Waals surface area contributed by atoms with E-state index in [0.29, 0.717) is 29.7 Å². The van der Waals surface area contributed by atoms with Crippen LogP contribution in [0.1, 0.15) is 74.5 Å². The van der Waals surface area contributed by atoms with E-state index in [2.05, 4.69) is 6.08 Å². The van der Waals surface area contributed by atoms with Gasteiger partial charge in [0.25, 0.3) is 0 Å². The molecule has 2 aromatic rings. The van der Waals surface area contributed by atoms with Crippen LogP contribution >= 0.6 is 0 Å². The second-order valence-electron chi connectivity index (χ2n) is 9.79.